The van der Waals surface area contributed by atoms with Crippen LogP contribution in [0, 0.1) is 11.3 Å². The summed E-state index contributed by atoms with van der Waals surface area (Å²) in [7, 11) is 0. The number of hydrogen-bond donors (Lipinski definition) is 2. The number of carbonyl (C=O) groups excluding carboxylic acids is 2. The standard InChI is InChI=1S/C22H31N3O3/c1-21(2,3)28-20(27)25-13-22(14-25)11-10-16(22)12-23-18-9-8-15-6-4-5-7-17(15)24-19(18)26/h4-7,16,18,23H,8-14H2,1-3H3,(H,24,26). The van der Waals surface area contributed by atoms with E-state index in [1.807, 2.05) is 43.9 Å². The highest BCUT2D eigenvalue weighted by atomic mass is 16.6. The second kappa shape index (κ2) is 7.07. The quantitative estimate of drug-likeness (QED) is 0.838. The number of nitrogens with zero attached hydrogens (tertiary/aromatic N) is 1. The first-order valence-corrected chi connectivity index (χ1v) is 10.4. The number of ether oxygens (including phenoxy) is 1. The van der Waals surface area contributed by atoms with Gasteiger partial charge in [-0.25, -0.2) is 4.79 Å². The molecular formula is C22H31N3O3. The summed E-state index contributed by atoms with van der Waals surface area (Å²) in [5.74, 6) is 0.576. The smallest absolute Gasteiger partial charge is 0.410 e. The topological polar surface area (TPSA) is 70.7 Å². The molecule has 4 rings (SSSR count). The summed E-state index contributed by atoms with van der Waals surface area (Å²) >= 11 is 0. The van der Waals surface area contributed by atoms with E-state index in [9.17, 15) is 9.59 Å². The molecule has 1 spiro atoms. The third-order valence-electron chi connectivity index (χ3n) is 6.42. The predicted molar refractivity (Wildman–Crippen MR) is 108 cm³/mol. The van der Waals surface area contributed by atoms with Gasteiger partial charge < -0.3 is 20.3 Å². The Labute approximate surface area is 167 Å². The van der Waals surface area contributed by atoms with Crippen LogP contribution in [0.5, 0.6) is 0 Å². The second-order valence-corrected chi connectivity index (χ2v) is 9.58. The van der Waals surface area contributed by atoms with E-state index in [0.717, 1.165) is 51.0 Å². The number of carbonyl (C=O) groups is 2. The van der Waals surface area contributed by atoms with Crippen molar-refractivity contribution in [2.75, 3.05) is 25.0 Å². The van der Waals surface area contributed by atoms with Crippen molar-refractivity contribution >= 4 is 17.7 Å². The number of amides is 2. The number of fused-ring (bicyclic) bond motifs is 1. The number of rotatable bonds is 3. The minimum absolute atomic E-state index is 0.0577. The van der Waals surface area contributed by atoms with Gasteiger partial charge in [0.25, 0.3) is 0 Å². The second-order valence-electron chi connectivity index (χ2n) is 9.58. The molecule has 2 atom stereocenters. The van der Waals surface area contributed by atoms with Gasteiger partial charge in [0.2, 0.25) is 5.91 Å². The zero-order valence-electron chi connectivity index (χ0n) is 17.1. The highest BCUT2D eigenvalue weighted by Gasteiger charge is 2.56. The van der Waals surface area contributed by atoms with Crippen molar-refractivity contribution in [3.63, 3.8) is 0 Å². The molecule has 1 aromatic carbocycles. The number of anilines is 1. The molecule has 0 radical (unpaired) electrons. The average molecular weight is 386 g/mol. The van der Waals surface area contributed by atoms with E-state index in [-0.39, 0.29) is 23.5 Å². The summed E-state index contributed by atoms with van der Waals surface area (Å²) < 4.78 is 5.47. The Bertz CT molecular complexity index is 765. The highest BCUT2D eigenvalue weighted by Crippen LogP contribution is 2.53. The van der Waals surface area contributed by atoms with Crippen LogP contribution < -0.4 is 10.6 Å². The van der Waals surface area contributed by atoms with Crippen LogP contribution in [0.15, 0.2) is 24.3 Å². The van der Waals surface area contributed by atoms with Crippen LogP contribution in [-0.2, 0) is 16.0 Å². The van der Waals surface area contributed by atoms with Gasteiger partial charge in [0.1, 0.15) is 5.60 Å². The van der Waals surface area contributed by atoms with Crippen molar-refractivity contribution in [3.8, 4) is 0 Å². The van der Waals surface area contributed by atoms with Crippen molar-refractivity contribution in [1.29, 1.82) is 0 Å². The molecular weight excluding hydrogens is 354 g/mol. The Morgan fingerprint density at radius 1 is 1.29 bits per heavy atom. The molecule has 2 heterocycles. The minimum Gasteiger partial charge on any atom is -0.444 e. The van der Waals surface area contributed by atoms with E-state index in [1.54, 1.807) is 0 Å². The van der Waals surface area contributed by atoms with Crippen LogP contribution in [0.3, 0.4) is 0 Å². The Hall–Kier alpha value is -2.08. The summed E-state index contributed by atoms with van der Waals surface area (Å²) in [5.41, 5.74) is 1.90. The maximum atomic E-state index is 12.6. The fraction of sp³-hybridized carbons (Fsp3) is 0.636. The lowest BCUT2D eigenvalue weighted by Crippen LogP contribution is -2.67. The molecule has 2 fully saturated rings. The number of para-hydroxylation sites is 1. The van der Waals surface area contributed by atoms with E-state index in [4.69, 9.17) is 4.74 Å². The zero-order valence-corrected chi connectivity index (χ0v) is 17.1. The third-order valence-corrected chi connectivity index (χ3v) is 6.42. The number of benzene rings is 1. The first-order valence-electron chi connectivity index (χ1n) is 10.4. The van der Waals surface area contributed by atoms with Crippen molar-refractivity contribution in [3.05, 3.63) is 29.8 Å². The van der Waals surface area contributed by atoms with E-state index in [1.165, 1.54) is 5.56 Å². The van der Waals surface area contributed by atoms with Gasteiger partial charge in [-0.3, -0.25) is 4.79 Å². The summed E-state index contributed by atoms with van der Waals surface area (Å²) in [4.78, 5) is 26.6. The molecule has 2 unspecified atom stereocenters. The van der Waals surface area contributed by atoms with E-state index in [2.05, 4.69) is 16.7 Å². The van der Waals surface area contributed by atoms with Gasteiger partial charge in [-0.1, -0.05) is 18.2 Å². The lowest BCUT2D eigenvalue weighted by molar-refractivity contribution is -0.120. The molecule has 2 N–H and O–H groups in total. The zero-order chi connectivity index (χ0) is 19.9. The van der Waals surface area contributed by atoms with Gasteiger partial charge >= 0.3 is 6.09 Å². The largest absolute Gasteiger partial charge is 0.444 e. The number of nitrogens with one attached hydrogen (secondary N) is 2. The summed E-state index contributed by atoms with van der Waals surface area (Å²) in [5, 5.41) is 6.56. The summed E-state index contributed by atoms with van der Waals surface area (Å²) in [6, 6.07) is 7.86. The SMILES string of the molecule is CC(C)(C)OC(=O)N1CC2(CCC2CNC2CCc3ccccc3NC2=O)C1. The van der Waals surface area contributed by atoms with Crippen LogP contribution in [0.2, 0.25) is 0 Å². The van der Waals surface area contributed by atoms with Gasteiger partial charge in [-0.2, -0.15) is 0 Å². The van der Waals surface area contributed by atoms with E-state index >= 15 is 0 Å². The molecule has 1 saturated carbocycles. The normalized spacial score (nSPS) is 25.8. The maximum Gasteiger partial charge on any atom is 0.410 e. The molecule has 2 aliphatic heterocycles. The predicted octanol–water partition coefficient (Wildman–Crippen LogP) is 3.18. The molecule has 1 aliphatic carbocycles. The van der Waals surface area contributed by atoms with Gasteiger partial charge in [0, 0.05) is 24.2 Å². The lowest BCUT2D eigenvalue weighted by Gasteiger charge is -2.60. The number of likely N-dealkylation sites (tertiary alicyclic amines) is 1. The van der Waals surface area contributed by atoms with Crippen LogP contribution in [-0.4, -0.2) is 48.2 Å². The minimum atomic E-state index is -0.454. The number of hydrogen-bond acceptors (Lipinski definition) is 4. The fourth-order valence-corrected chi connectivity index (χ4v) is 4.65. The molecule has 152 valence electrons. The monoisotopic (exact) mass is 385 g/mol. The van der Waals surface area contributed by atoms with Gasteiger partial charge in [-0.15, -0.1) is 0 Å². The van der Waals surface area contributed by atoms with E-state index in [0.29, 0.717) is 5.92 Å². The Morgan fingerprint density at radius 3 is 2.71 bits per heavy atom. The molecule has 0 aromatic heterocycles. The van der Waals surface area contributed by atoms with Crippen LogP contribution in [0.25, 0.3) is 0 Å². The fourth-order valence-electron chi connectivity index (χ4n) is 4.65. The molecule has 1 aromatic rings. The van der Waals surface area contributed by atoms with Crippen molar-refractivity contribution in [2.45, 2.75) is 58.1 Å². The van der Waals surface area contributed by atoms with Gasteiger partial charge in [0.15, 0.2) is 0 Å². The van der Waals surface area contributed by atoms with Crippen molar-refractivity contribution in [1.82, 2.24) is 10.2 Å². The van der Waals surface area contributed by atoms with Gasteiger partial charge in [-0.05, 0) is 70.5 Å². The molecule has 2 amide bonds. The number of aryl methyl sites for hydroxylation is 1. The molecule has 6 nitrogen and oxygen atoms in total. The van der Waals surface area contributed by atoms with Gasteiger partial charge in [0.05, 0.1) is 6.04 Å². The van der Waals surface area contributed by atoms with Crippen molar-refractivity contribution < 1.29 is 14.3 Å². The summed E-state index contributed by atoms with van der Waals surface area (Å²) in [6.07, 6.45) is 3.81. The Morgan fingerprint density at radius 2 is 2.04 bits per heavy atom. The Balaban J connectivity index is 1.27. The average Bonchev–Trinajstić information content (AvgIpc) is 2.70. The van der Waals surface area contributed by atoms with Crippen LogP contribution >= 0.6 is 0 Å². The van der Waals surface area contributed by atoms with Crippen molar-refractivity contribution in [2.24, 2.45) is 11.3 Å². The molecule has 0 bridgehead atoms. The lowest BCUT2D eigenvalue weighted by atomic mass is 9.55. The highest BCUT2D eigenvalue weighted by molar-refractivity contribution is 5.96. The van der Waals surface area contributed by atoms with Crippen LogP contribution in [0.1, 0.15) is 45.6 Å². The maximum absolute atomic E-state index is 12.6. The molecule has 28 heavy (non-hydrogen) atoms. The molecule has 3 aliphatic rings. The summed E-state index contributed by atoms with van der Waals surface area (Å²) in [6.45, 7) is 8.07. The van der Waals surface area contributed by atoms with Crippen LogP contribution in [0.4, 0.5) is 10.5 Å². The first kappa shape index (κ1) is 19.2. The molecule has 6 heteroatoms. The molecule has 1 saturated heterocycles. The van der Waals surface area contributed by atoms with E-state index < -0.39 is 5.60 Å². The first-order chi connectivity index (χ1) is 13.3. The Kier molecular flexibility index (Phi) is 4.86. The third kappa shape index (κ3) is 3.75.